The van der Waals surface area contributed by atoms with Crippen molar-refractivity contribution >= 4 is 41.4 Å². The molecule has 0 bridgehead atoms. The third-order valence-electron chi connectivity index (χ3n) is 6.07. The van der Waals surface area contributed by atoms with Crippen molar-refractivity contribution in [3.63, 3.8) is 0 Å². The minimum absolute atomic E-state index is 0. The van der Waals surface area contributed by atoms with E-state index in [2.05, 4.69) is 82.6 Å². The number of benzene rings is 1. The summed E-state index contributed by atoms with van der Waals surface area (Å²) in [4.78, 5) is 14.2. The van der Waals surface area contributed by atoms with Crippen molar-refractivity contribution in [1.82, 2.24) is 15.6 Å². The number of hydrogen-bond donors (Lipinski definition) is 2. The number of halogens is 1. The van der Waals surface area contributed by atoms with E-state index in [9.17, 15) is 0 Å². The van der Waals surface area contributed by atoms with Crippen molar-refractivity contribution in [2.24, 2.45) is 4.99 Å². The van der Waals surface area contributed by atoms with Crippen molar-refractivity contribution < 1.29 is 4.74 Å². The van der Waals surface area contributed by atoms with Crippen LogP contribution in [0.4, 0.5) is 11.5 Å². The molecule has 1 aromatic carbocycles. The molecule has 2 unspecified atom stereocenters. The van der Waals surface area contributed by atoms with E-state index in [1.54, 1.807) is 0 Å². The number of nitrogens with one attached hydrogen (secondary N) is 2. The standard InChI is InChI=1S/C25H36N6O.HI/c1-4-26-25(29-22-10-12-30(18-22)23-7-5-19(2)6-8-23)28-16-21-9-11-27-24(15-21)31-13-14-32-20(3)17-31;/h5-9,11,15,20,22H,4,10,12-14,16-18H2,1-3H3,(H2,26,28,29);1H. The van der Waals surface area contributed by atoms with Gasteiger partial charge in [-0.25, -0.2) is 9.98 Å². The van der Waals surface area contributed by atoms with E-state index >= 15 is 0 Å². The summed E-state index contributed by atoms with van der Waals surface area (Å²) in [7, 11) is 0. The number of aryl methyl sites for hydroxylation is 1. The molecule has 3 heterocycles. The van der Waals surface area contributed by atoms with Gasteiger partial charge in [0.05, 0.1) is 19.3 Å². The second-order valence-electron chi connectivity index (χ2n) is 8.76. The molecule has 0 aliphatic carbocycles. The fraction of sp³-hybridized carbons (Fsp3) is 0.520. The molecule has 8 heteroatoms. The lowest BCUT2D eigenvalue weighted by Gasteiger charge is -2.32. The van der Waals surface area contributed by atoms with E-state index in [0.717, 1.165) is 57.5 Å². The first-order valence-electron chi connectivity index (χ1n) is 11.8. The maximum absolute atomic E-state index is 5.66. The van der Waals surface area contributed by atoms with Gasteiger partial charge in [0.25, 0.3) is 0 Å². The van der Waals surface area contributed by atoms with Crippen LogP contribution in [0.15, 0.2) is 47.6 Å². The molecule has 1 aromatic heterocycles. The molecular formula is C25H37IN6O. The van der Waals surface area contributed by atoms with Gasteiger partial charge in [-0.05, 0) is 57.0 Å². The van der Waals surface area contributed by atoms with Gasteiger partial charge in [-0.2, -0.15) is 0 Å². The number of aliphatic imine (C=N–C) groups is 1. The number of hydrogen-bond acceptors (Lipinski definition) is 5. The van der Waals surface area contributed by atoms with Crippen LogP contribution in [0.1, 0.15) is 31.4 Å². The molecule has 2 N–H and O–H groups in total. The molecule has 2 atom stereocenters. The lowest BCUT2D eigenvalue weighted by atomic mass is 10.2. The maximum atomic E-state index is 5.66. The van der Waals surface area contributed by atoms with Crippen LogP contribution >= 0.6 is 24.0 Å². The van der Waals surface area contributed by atoms with Crippen molar-refractivity contribution in [1.29, 1.82) is 0 Å². The zero-order valence-corrected chi connectivity index (χ0v) is 22.3. The minimum atomic E-state index is 0. The molecule has 0 spiro atoms. The first-order chi connectivity index (χ1) is 15.6. The van der Waals surface area contributed by atoms with E-state index in [1.165, 1.54) is 16.8 Å². The maximum Gasteiger partial charge on any atom is 0.191 e. The number of morpholine rings is 1. The largest absolute Gasteiger partial charge is 0.375 e. The Morgan fingerprint density at radius 1 is 1.15 bits per heavy atom. The van der Waals surface area contributed by atoms with Crippen LogP contribution in [0.5, 0.6) is 0 Å². The fourth-order valence-electron chi connectivity index (χ4n) is 4.31. The van der Waals surface area contributed by atoms with Crippen LogP contribution in [0.25, 0.3) is 0 Å². The Labute approximate surface area is 215 Å². The van der Waals surface area contributed by atoms with Crippen LogP contribution in [0.2, 0.25) is 0 Å². The third-order valence-corrected chi connectivity index (χ3v) is 6.07. The molecule has 2 aliphatic heterocycles. The molecular weight excluding hydrogens is 527 g/mol. The average molecular weight is 565 g/mol. The normalized spacial score (nSPS) is 21.0. The molecule has 0 amide bonds. The van der Waals surface area contributed by atoms with E-state index in [-0.39, 0.29) is 30.1 Å². The average Bonchev–Trinajstić information content (AvgIpc) is 3.27. The number of aromatic nitrogens is 1. The van der Waals surface area contributed by atoms with Gasteiger partial charge in [-0.1, -0.05) is 17.7 Å². The van der Waals surface area contributed by atoms with Gasteiger partial charge in [0.2, 0.25) is 0 Å². The van der Waals surface area contributed by atoms with E-state index in [0.29, 0.717) is 12.6 Å². The predicted octanol–water partition coefficient (Wildman–Crippen LogP) is 3.57. The summed E-state index contributed by atoms with van der Waals surface area (Å²) in [6.45, 7) is 12.4. The van der Waals surface area contributed by atoms with E-state index < -0.39 is 0 Å². The van der Waals surface area contributed by atoms with E-state index in [1.807, 2.05) is 6.20 Å². The number of nitrogens with zero attached hydrogens (tertiary/aromatic N) is 4. The number of guanidine groups is 1. The summed E-state index contributed by atoms with van der Waals surface area (Å²) in [6.07, 6.45) is 3.23. The predicted molar refractivity (Wildman–Crippen MR) is 147 cm³/mol. The minimum Gasteiger partial charge on any atom is -0.375 e. The Balaban J connectivity index is 0.00000306. The summed E-state index contributed by atoms with van der Waals surface area (Å²) in [5, 5.41) is 7.04. The van der Waals surface area contributed by atoms with Gasteiger partial charge >= 0.3 is 0 Å². The Bertz CT molecular complexity index is 906. The van der Waals surface area contributed by atoms with Crippen molar-refractivity contribution in [2.45, 2.75) is 45.9 Å². The number of anilines is 2. The molecule has 2 saturated heterocycles. The molecule has 2 fully saturated rings. The Morgan fingerprint density at radius 3 is 2.73 bits per heavy atom. The highest BCUT2D eigenvalue weighted by molar-refractivity contribution is 14.0. The van der Waals surface area contributed by atoms with Crippen LogP contribution in [-0.4, -0.2) is 62.4 Å². The zero-order valence-electron chi connectivity index (χ0n) is 20.0. The summed E-state index contributed by atoms with van der Waals surface area (Å²) < 4.78 is 5.66. The highest BCUT2D eigenvalue weighted by Gasteiger charge is 2.23. The quantitative estimate of drug-likeness (QED) is 0.318. The van der Waals surface area contributed by atoms with Crippen LogP contribution < -0.4 is 20.4 Å². The van der Waals surface area contributed by atoms with Gasteiger partial charge in [0.1, 0.15) is 5.82 Å². The van der Waals surface area contributed by atoms with Gasteiger partial charge in [0.15, 0.2) is 5.96 Å². The summed E-state index contributed by atoms with van der Waals surface area (Å²) >= 11 is 0. The molecule has 0 radical (unpaired) electrons. The van der Waals surface area contributed by atoms with Gasteiger partial charge < -0.3 is 25.2 Å². The molecule has 0 saturated carbocycles. The molecule has 2 aliphatic rings. The van der Waals surface area contributed by atoms with Crippen molar-refractivity contribution in [3.05, 3.63) is 53.7 Å². The van der Waals surface area contributed by atoms with Gasteiger partial charge in [-0.15, -0.1) is 24.0 Å². The van der Waals surface area contributed by atoms with Crippen LogP contribution in [0.3, 0.4) is 0 Å². The number of pyridine rings is 1. The second-order valence-corrected chi connectivity index (χ2v) is 8.76. The highest BCUT2D eigenvalue weighted by atomic mass is 127. The third kappa shape index (κ3) is 7.20. The Hall–Kier alpha value is -2.07. The lowest BCUT2D eigenvalue weighted by Crippen LogP contribution is -2.44. The highest BCUT2D eigenvalue weighted by Crippen LogP contribution is 2.21. The molecule has 4 rings (SSSR count). The van der Waals surface area contributed by atoms with Crippen LogP contribution in [-0.2, 0) is 11.3 Å². The topological polar surface area (TPSA) is 65.0 Å². The Morgan fingerprint density at radius 2 is 1.97 bits per heavy atom. The van der Waals surface area contributed by atoms with Gasteiger partial charge in [0, 0.05) is 50.6 Å². The smallest absolute Gasteiger partial charge is 0.191 e. The SMILES string of the molecule is CCNC(=NCc1ccnc(N2CCOC(C)C2)c1)NC1CCN(c2ccc(C)cc2)C1.I. The zero-order chi connectivity index (χ0) is 22.3. The van der Waals surface area contributed by atoms with E-state index in [4.69, 9.17) is 9.73 Å². The lowest BCUT2D eigenvalue weighted by molar-refractivity contribution is 0.0529. The number of rotatable bonds is 6. The molecule has 2 aromatic rings. The van der Waals surface area contributed by atoms with Crippen molar-refractivity contribution in [2.75, 3.05) is 49.1 Å². The first kappa shape index (κ1) is 25.6. The monoisotopic (exact) mass is 564 g/mol. The summed E-state index contributed by atoms with van der Waals surface area (Å²) in [5.41, 5.74) is 3.76. The molecule has 180 valence electrons. The van der Waals surface area contributed by atoms with Gasteiger partial charge in [-0.3, -0.25) is 0 Å². The Kier molecular flexibility index (Phi) is 9.61. The molecule has 33 heavy (non-hydrogen) atoms. The van der Waals surface area contributed by atoms with Crippen LogP contribution in [0, 0.1) is 6.92 Å². The number of ether oxygens (including phenoxy) is 1. The first-order valence-corrected chi connectivity index (χ1v) is 11.8. The summed E-state index contributed by atoms with van der Waals surface area (Å²) in [5.74, 6) is 1.89. The van der Waals surface area contributed by atoms with Crippen molar-refractivity contribution in [3.8, 4) is 0 Å². The second kappa shape index (κ2) is 12.4. The molecule has 7 nitrogen and oxygen atoms in total. The summed E-state index contributed by atoms with van der Waals surface area (Å²) in [6, 6.07) is 13.4. The fourth-order valence-corrected chi connectivity index (χ4v) is 4.31.